The molecule has 17 nitrogen and oxygen atoms in total. The van der Waals surface area contributed by atoms with Crippen LogP contribution in [-0.4, -0.2) is 81.9 Å². The number of ether oxygens (including phenoxy) is 2. The molecule has 2 aromatic carbocycles. The molecule has 3 aromatic rings. The van der Waals surface area contributed by atoms with Crippen molar-refractivity contribution in [3.8, 4) is 6.01 Å². The van der Waals surface area contributed by atoms with Gasteiger partial charge in [0.1, 0.15) is 16.6 Å². The number of esters is 1. The number of hydrazone groups is 1. The summed E-state index contributed by atoms with van der Waals surface area (Å²) in [7, 11) is -2.21. The van der Waals surface area contributed by atoms with Gasteiger partial charge in [0.15, 0.2) is 5.54 Å². The largest absolute Gasteiger partial charge is 1.00 e. The Kier molecular flexibility index (Phi) is 13.8. The summed E-state index contributed by atoms with van der Waals surface area (Å²) in [6.07, 6.45) is 0.411. The number of carboxylic acids is 2. The Labute approximate surface area is 305 Å². The average Bonchev–Trinajstić information content (AvgIpc) is 3.52. The number of carboxylic acid groups (broad SMARTS) is 2. The third-order valence-electron chi connectivity index (χ3n) is 6.37. The van der Waals surface area contributed by atoms with Crippen molar-refractivity contribution in [1.29, 1.82) is 0 Å². The molecule has 1 atom stereocenters. The molecule has 2 heterocycles. The molecule has 0 amide bonds. The van der Waals surface area contributed by atoms with E-state index >= 15 is 0 Å². The number of sulfonamides is 1. The van der Waals surface area contributed by atoms with Crippen molar-refractivity contribution in [1.82, 2.24) is 14.3 Å². The molecule has 0 saturated heterocycles. The number of anilines is 1. The van der Waals surface area contributed by atoms with E-state index in [0.717, 1.165) is 22.8 Å². The number of hydrogen-bond donors (Lipinski definition) is 2. The van der Waals surface area contributed by atoms with E-state index in [1.54, 1.807) is 0 Å². The number of methoxy groups -OCH3 is 1. The zero-order chi connectivity index (χ0) is 35.3. The molecule has 0 radical (unpaired) electrons. The Morgan fingerprint density at radius 1 is 1.15 bits per heavy atom. The van der Waals surface area contributed by atoms with Crippen LogP contribution in [0.4, 0.5) is 5.69 Å². The fourth-order valence-corrected chi connectivity index (χ4v) is 5.50. The van der Waals surface area contributed by atoms with Gasteiger partial charge >= 0.3 is 59.2 Å². The maximum atomic E-state index is 12.5. The molecule has 0 saturated carbocycles. The topological polar surface area (TPSA) is 235 Å². The Morgan fingerprint density at radius 2 is 1.79 bits per heavy atom. The molecular formula is C27H27Cl2N6NaO11S. The zero-order valence-corrected chi connectivity index (χ0v) is 30.4. The number of benzene rings is 2. The number of halogens is 2. The van der Waals surface area contributed by atoms with Gasteiger partial charge in [-0.2, -0.15) is 22.6 Å². The summed E-state index contributed by atoms with van der Waals surface area (Å²) >= 11 is 11.8. The van der Waals surface area contributed by atoms with Crippen LogP contribution in [0.5, 0.6) is 6.01 Å². The SMILES string of the molecule is CC1(C(=O)O)CC(C(=O)O)=NN1c1ccc(Cl)cc1Cl.CCCOc1nn(C([O-])=NS(=O)(=O)c2ccccc2C(=O)OC)c(=O)n1C.[Na+]. The monoisotopic (exact) mass is 736 g/mol. The Balaban J connectivity index is 0.000000340. The van der Waals surface area contributed by atoms with Crippen molar-refractivity contribution in [3.05, 3.63) is 68.6 Å². The van der Waals surface area contributed by atoms with Crippen LogP contribution in [-0.2, 0) is 31.4 Å². The van der Waals surface area contributed by atoms with Gasteiger partial charge in [-0.15, -0.1) is 5.10 Å². The average molecular weight is 738 g/mol. The molecule has 0 fully saturated rings. The minimum absolute atomic E-state index is 0. The maximum Gasteiger partial charge on any atom is 1.00 e. The van der Waals surface area contributed by atoms with E-state index in [4.69, 9.17) is 33.0 Å². The van der Waals surface area contributed by atoms with Gasteiger partial charge in [-0.25, -0.2) is 28.8 Å². The summed E-state index contributed by atoms with van der Waals surface area (Å²) < 4.78 is 38.9. The van der Waals surface area contributed by atoms with Gasteiger partial charge in [-0.1, -0.05) is 42.3 Å². The first-order valence-electron chi connectivity index (χ1n) is 13.3. The third kappa shape index (κ3) is 8.74. The van der Waals surface area contributed by atoms with Gasteiger partial charge in [-0.05, 0) is 43.7 Å². The van der Waals surface area contributed by atoms with Gasteiger partial charge in [-0.3, -0.25) is 0 Å². The first kappa shape index (κ1) is 40.2. The number of carbonyl (C=O) groups is 3. The Bertz CT molecular complexity index is 1950. The summed E-state index contributed by atoms with van der Waals surface area (Å²) in [5, 5.41) is 39.8. The van der Waals surface area contributed by atoms with Crippen LogP contribution >= 0.6 is 23.2 Å². The van der Waals surface area contributed by atoms with E-state index in [-0.39, 0.29) is 75.3 Å². The fourth-order valence-electron chi connectivity index (χ4n) is 3.95. The number of carbonyl (C=O) groups excluding carboxylic acids is 1. The third-order valence-corrected chi connectivity index (χ3v) is 8.22. The molecule has 1 aliphatic heterocycles. The predicted octanol–water partition coefficient (Wildman–Crippen LogP) is -1.40. The van der Waals surface area contributed by atoms with Crippen LogP contribution < -0.4 is 50.1 Å². The molecule has 0 spiro atoms. The van der Waals surface area contributed by atoms with Crippen LogP contribution in [0.1, 0.15) is 37.0 Å². The van der Waals surface area contributed by atoms with Gasteiger partial charge in [0.2, 0.25) is 0 Å². The molecule has 21 heteroatoms. The second kappa shape index (κ2) is 16.4. The van der Waals surface area contributed by atoms with E-state index in [2.05, 4.69) is 19.3 Å². The van der Waals surface area contributed by atoms with Crippen LogP contribution in [0.15, 0.2) is 61.7 Å². The normalized spacial score (nSPS) is 15.8. The summed E-state index contributed by atoms with van der Waals surface area (Å²) in [6, 6.07) is 7.95. The minimum atomic E-state index is -4.61. The molecule has 0 aliphatic carbocycles. The standard InChI is InChI=1S/C15H18N4O7S.C12H10Cl2N2O4.Na/c1-4-9-26-14-16-19(15(22)18(14)2)13(21)17-27(23,24)11-8-6-5-7-10(11)12(20)25-3;1-12(11(19)20)5-8(10(17)18)15-16(12)9-3-2-6(13)4-7(9)14;/h5-8H,4,9H2,1-3H3,(H,17,21);2-4H,5H2,1H3,(H,17,18)(H,19,20);/q;;+1/p-1. The van der Waals surface area contributed by atoms with Crippen molar-refractivity contribution >= 4 is 68.6 Å². The second-order valence-corrected chi connectivity index (χ2v) is 12.2. The summed E-state index contributed by atoms with van der Waals surface area (Å²) in [4.78, 5) is 45.8. The van der Waals surface area contributed by atoms with Crippen molar-refractivity contribution in [2.45, 2.75) is 37.1 Å². The minimum Gasteiger partial charge on any atom is -0.844 e. The van der Waals surface area contributed by atoms with E-state index in [1.807, 2.05) is 6.92 Å². The van der Waals surface area contributed by atoms with E-state index < -0.39 is 50.1 Å². The number of rotatable bonds is 9. The molecular weight excluding hydrogens is 710 g/mol. The molecule has 4 rings (SSSR count). The number of aromatic nitrogens is 3. The van der Waals surface area contributed by atoms with Crippen LogP contribution in [0.2, 0.25) is 10.0 Å². The smallest absolute Gasteiger partial charge is 0.844 e. The van der Waals surface area contributed by atoms with Crippen LogP contribution in [0.3, 0.4) is 0 Å². The molecule has 48 heavy (non-hydrogen) atoms. The number of hydrogen-bond acceptors (Lipinski definition) is 12. The van der Waals surface area contributed by atoms with Crippen molar-refractivity contribution in [3.63, 3.8) is 0 Å². The van der Waals surface area contributed by atoms with E-state index in [0.29, 0.717) is 11.4 Å². The van der Waals surface area contributed by atoms with E-state index in [9.17, 15) is 37.8 Å². The molecule has 1 aliphatic rings. The predicted molar refractivity (Wildman–Crippen MR) is 166 cm³/mol. The fraction of sp³-hybridized carbons (Fsp3) is 0.296. The van der Waals surface area contributed by atoms with Gasteiger partial charge in [0, 0.05) is 18.5 Å². The van der Waals surface area contributed by atoms with Gasteiger partial charge < -0.3 is 24.8 Å². The van der Waals surface area contributed by atoms with Crippen molar-refractivity contribution in [2.24, 2.45) is 16.5 Å². The maximum absolute atomic E-state index is 12.5. The molecule has 1 aromatic heterocycles. The Morgan fingerprint density at radius 3 is 2.35 bits per heavy atom. The van der Waals surface area contributed by atoms with Crippen LogP contribution in [0, 0.1) is 0 Å². The molecule has 1 unspecified atom stereocenters. The van der Waals surface area contributed by atoms with Crippen LogP contribution in [0.25, 0.3) is 0 Å². The quantitative estimate of drug-likeness (QED) is 0.111. The van der Waals surface area contributed by atoms with Crippen molar-refractivity contribution < 1.29 is 77.2 Å². The number of nitrogens with zero attached hydrogens (tertiary/aromatic N) is 6. The summed E-state index contributed by atoms with van der Waals surface area (Å²) in [6.45, 7) is 3.47. The van der Waals surface area contributed by atoms with E-state index in [1.165, 1.54) is 50.4 Å². The first-order chi connectivity index (χ1) is 22.0. The number of aliphatic carboxylic acids is 2. The second-order valence-electron chi connectivity index (χ2n) is 9.74. The molecule has 2 N–H and O–H groups in total. The first-order valence-corrected chi connectivity index (χ1v) is 15.5. The van der Waals surface area contributed by atoms with Gasteiger partial charge in [0.05, 0.1) is 30.0 Å². The Hall–Kier alpha value is -3.94. The molecule has 252 valence electrons. The zero-order valence-electron chi connectivity index (χ0n) is 26.1. The van der Waals surface area contributed by atoms with Gasteiger partial charge in [0.25, 0.3) is 10.0 Å². The summed E-state index contributed by atoms with van der Waals surface area (Å²) in [5.41, 5.74) is -2.67. The van der Waals surface area contributed by atoms with Crippen molar-refractivity contribution in [2.75, 3.05) is 18.7 Å². The summed E-state index contributed by atoms with van der Waals surface area (Å²) in [5.74, 6) is -3.37. The molecule has 0 bridgehead atoms.